The molecule has 1 unspecified atom stereocenters. The van der Waals surface area contributed by atoms with E-state index in [9.17, 15) is 4.79 Å². The smallest absolute Gasteiger partial charge is 0.220 e. The number of nitrogens with one attached hydrogen (secondary N) is 2. The standard InChI is InChI=1S/C14H27N2O/c1-2-3-4-5-11-16-14(17)9-8-13-7-6-10-15-12-13/h13,15H,1-12H2,(H,16,17). The minimum Gasteiger partial charge on any atom is -0.356 e. The number of unbranched alkanes of at least 4 members (excludes halogenated alkanes) is 3. The van der Waals surface area contributed by atoms with Crippen molar-refractivity contribution in [3.8, 4) is 0 Å². The van der Waals surface area contributed by atoms with Crippen molar-refractivity contribution in [1.82, 2.24) is 10.6 Å². The van der Waals surface area contributed by atoms with Crippen molar-refractivity contribution in [1.29, 1.82) is 0 Å². The van der Waals surface area contributed by atoms with Crippen molar-refractivity contribution in [2.24, 2.45) is 5.92 Å². The quantitative estimate of drug-likeness (QED) is 0.638. The van der Waals surface area contributed by atoms with E-state index in [0.717, 1.165) is 38.9 Å². The Morgan fingerprint density at radius 2 is 2.24 bits per heavy atom. The Bertz CT molecular complexity index is 200. The monoisotopic (exact) mass is 239 g/mol. The van der Waals surface area contributed by atoms with E-state index in [0.29, 0.717) is 12.3 Å². The largest absolute Gasteiger partial charge is 0.356 e. The van der Waals surface area contributed by atoms with Crippen LogP contribution >= 0.6 is 0 Å². The summed E-state index contributed by atoms with van der Waals surface area (Å²) in [5.74, 6) is 0.936. The first-order chi connectivity index (χ1) is 8.33. The molecule has 0 saturated carbocycles. The van der Waals surface area contributed by atoms with E-state index in [2.05, 4.69) is 17.6 Å². The number of piperidine rings is 1. The van der Waals surface area contributed by atoms with Gasteiger partial charge >= 0.3 is 0 Å². The minimum absolute atomic E-state index is 0.227. The van der Waals surface area contributed by atoms with Crippen molar-refractivity contribution in [3.05, 3.63) is 6.92 Å². The zero-order valence-corrected chi connectivity index (χ0v) is 11.0. The highest BCUT2D eigenvalue weighted by Crippen LogP contribution is 2.15. The fraction of sp³-hybridized carbons (Fsp3) is 0.857. The fourth-order valence-electron chi connectivity index (χ4n) is 2.30. The van der Waals surface area contributed by atoms with Gasteiger partial charge in [0.05, 0.1) is 0 Å². The normalized spacial score (nSPS) is 20.2. The molecule has 3 heteroatoms. The first-order valence-electron chi connectivity index (χ1n) is 7.09. The molecule has 3 nitrogen and oxygen atoms in total. The number of amides is 1. The Balaban J connectivity index is 1.93. The molecule has 0 aromatic heterocycles. The predicted molar refractivity (Wildman–Crippen MR) is 71.7 cm³/mol. The molecule has 1 fully saturated rings. The molecule has 0 aromatic carbocycles. The summed E-state index contributed by atoms with van der Waals surface area (Å²) in [6.07, 6.45) is 8.72. The Labute approximate surface area is 106 Å². The highest BCUT2D eigenvalue weighted by atomic mass is 16.1. The Kier molecular flexibility index (Phi) is 8.06. The third-order valence-corrected chi connectivity index (χ3v) is 3.43. The molecule has 1 atom stereocenters. The molecule has 99 valence electrons. The van der Waals surface area contributed by atoms with Crippen molar-refractivity contribution < 1.29 is 4.79 Å². The highest BCUT2D eigenvalue weighted by Gasteiger charge is 2.13. The maximum absolute atomic E-state index is 11.6. The molecule has 1 rings (SSSR count). The molecule has 2 N–H and O–H groups in total. The number of carbonyl (C=O) groups is 1. The Hall–Kier alpha value is -0.570. The zero-order valence-electron chi connectivity index (χ0n) is 11.0. The van der Waals surface area contributed by atoms with Crippen LogP contribution in [0.4, 0.5) is 0 Å². The minimum atomic E-state index is 0.227. The molecule has 1 aliphatic rings. The van der Waals surface area contributed by atoms with Crippen LogP contribution in [0.2, 0.25) is 0 Å². The second-order valence-corrected chi connectivity index (χ2v) is 5.02. The van der Waals surface area contributed by atoms with Crippen LogP contribution in [-0.4, -0.2) is 25.5 Å². The molecule has 0 aromatic rings. The fourth-order valence-corrected chi connectivity index (χ4v) is 2.30. The molecule has 1 amide bonds. The first-order valence-corrected chi connectivity index (χ1v) is 7.09. The molecular formula is C14H27N2O. The van der Waals surface area contributed by atoms with E-state index in [4.69, 9.17) is 0 Å². The summed E-state index contributed by atoms with van der Waals surface area (Å²) >= 11 is 0. The summed E-state index contributed by atoms with van der Waals surface area (Å²) < 4.78 is 0. The molecule has 0 aliphatic carbocycles. The number of rotatable bonds is 8. The Morgan fingerprint density at radius 3 is 2.94 bits per heavy atom. The van der Waals surface area contributed by atoms with Crippen molar-refractivity contribution >= 4 is 5.91 Å². The molecule has 1 radical (unpaired) electrons. The SMILES string of the molecule is [CH2]CCCCCNC(=O)CCC1CCCNC1. The van der Waals surface area contributed by atoms with Crippen molar-refractivity contribution in [2.75, 3.05) is 19.6 Å². The van der Waals surface area contributed by atoms with Gasteiger partial charge in [-0.3, -0.25) is 4.79 Å². The van der Waals surface area contributed by atoms with Gasteiger partial charge < -0.3 is 10.6 Å². The summed E-state index contributed by atoms with van der Waals surface area (Å²) in [5.41, 5.74) is 0. The summed E-state index contributed by atoms with van der Waals surface area (Å²) in [6.45, 7) is 6.88. The van der Waals surface area contributed by atoms with Gasteiger partial charge in [0.2, 0.25) is 5.91 Å². The maximum atomic E-state index is 11.6. The van der Waals surface area contributed by atoms with Gasteiger partial charge in [-0.1, -0.05) is 26.2 Å². The second-order valence-electron chi connectivity index (χ2n) is 5.02. The van der Waals surface area contributed by atoms with E-state index >= 15 is 0 Å². The lowest BCUT2D eigenvalue weighted by Crippen LogP contribution is -2.31. The molecular weight excluding hydrogens is 212 g/mol. The van der Waals surface area contributed by atoms with E-state index in [-0.39, 0.29) is 5.91 Å². The van der Waals surface area contributed by atoms with Crippen LogP contribution in [0.15, 0.2) is 0 Å². The van der Waals surface area contributed by atoms with Gasteiger partial charge in [-0.05, 0) is 44.7 Å². The van der Waals surface area contributed by atoms with E-state index < -0.39 is 0 Å². The summed E-state index contributed by atoms with van der Waals surface area (Å²) in [4.78, 5) is 11.6. The molecule has 1 saturated heterocycles. The average molecular weight is 239 g/mol. The predicted octanol–water partition coefficient (Wildman–Crippen LogP) is 2.28. The van der Waals surface area contributed by atoms with Crippen LogP contribution in [0.25, 0.3) is 0 Å². The Morgan fingerprint density at radius 1 is 1.35 bits per heavy atom. The number of hydrogen-bond donors (Lipinski definition) is 2. The summed E-state index contributed by atoms with van der Waals surface area (Å²) in [6, 6.07) is 0. The lowest BCUT2D eigenvalue weighted by Gasteiger charge is -2.22. The van der Waals surface area contributed by atoms with Crippen LogP contribution < -0.4 is 10.6 Å². The van der Waals surface area contributed by atoms with Gasteiger partial charge in [0.15, 0.2) is 0 Å². The third-order valence-electron chi connectivity index (χ3n) is 3.43. The van der Waals surface area contributed by atoms with E-state index in [1.165, 1.54) is 25.7 Å². The third kappa shape index (κ3) is 7.37. The van der Waals surface area contributed by atoms with Gasteiger partial charge in [0, 0.05) is 13.0 Å². The van der Waals surface area contributed by atoms with Crippen LogP contribution in [0.1, 0.15) is 51.4 Å². The van der Waals surface area contributed by atoms with Crippen LogP contribution in [0, 0.1) is 12.8 Å². The van der Waals surface area contributed by atoms with Crippen molar-refractivity contribution in [2.45, 2.75) is 51.4 Å². The van der Waals surface area contributed by atoms with Gasteiger partial charge in [0.1, 0.15) is 0 Å². The topological polar surface area (TPSA) is 41.1 Å². The molecule has 1 aliphatic heterocycles. The molecule has 17 heavy (non-hydrogen) atoms. The lowest BCUT2D eigenvalue weighted by molar-refractivity contribution is -0.121. The number of hydrogen-bond acceptors (Lipinski definition) is 2. The van der Waals surface area contributed by atoms with Gasteiger partial charge in [-0.15, -0.1) is 0 Å². The highest BCUT2D eigenvalue weighted by molar-refractivity contribution is 5.75. The van der Waals surface area contributed by atoms with Crippen molar-refractivity contribution in [3.63, 3.8) is 0 Å². The van der Waals surface area contributed by atoms with Crippen LogP contribution in [-0.2, 0) is 4.79 Å². The van der Waals surface area contributed by atoms with Gasteiger partial charge in [0.25, 0.3) is 0 Å². The second kappa shape index (κ2) is 9.46. The summed E-state index contributed by atoms with van der Waals surface area (Å²) in [7, 11) is 0. The maximum Gasteiger partial charge on any atom is 0.220 e. The lowest BCUT2D eigenvalue weighted by atomic mass is 9.94. The van der Waals surface area contributed by atoms with E-state index in [1.807, 2.05) is 0 Å². The van der Waals surface area contributed by atoms with Crippen LogP contribution in [0.5, 0.6) is 0 Å². The van der Waals surface area contributed by atoms with Crippen LogP contribution in [0.3, 0.4) is 0 Å². The summed E-state index contributed by atoms with van der Waals surface area (Å²) in [5, 5.41) is 6.39. The molecule has 0 bridgehead atoms. The van der Waals surface area contributed by atoms with Gasteiger partial charge in [-0.2, -0.15) is 0 Å². The molecule has 0 spiro atoms. The number of carbonyl (C=O) groups excluding carboxylic acids is 1. The first kappa shape index (κ1) is 14.5. The van der Waals surface area contributed by atoms with E-state index in [1.54, 1.807) is 0 Å². The zero-order chi connectivity index (χ0) is 12.3. The van der Waals surface area contributed by atoms with Gasteiger partial charge in [-0.25, -0.2) is 0 Å². The molecule has 1 heterocycles. The average Bonchev–Trinajstić information content (AvgIpc) is 2.37.